The molecule has 0 saturated carbocycles. The lowest BCUT2D eigenvalue weighted by molar-refractivity contribution is 0.570. The van der Waals surface area contributed by atoms with E-state index in [1.807, 2.05) is 48.5 Å². The van der Waals surface area contributed by atoms with Gasteiger partial charge in [0.05, 0.1) is 23.3 Å². The Morgan fingerprint density at radius 2 is 1.57 bits per heavy atom. The number of nitrogens with one attached hydrogen (secondary N) is 1. The fourth-order valence-electron chi connectivity index (χ4n) is 3.28. The fourth-order valence-corrected chi connectivity index (χ4v) is 3.28. The lowest BCUT2D eigenvalue weighted by Gasteiger charge is -2.03. The maximum atomic E-state index is 5.37. The second-order valence-corrected chi connectivity index (χ2v) is 6.51. The molecule has 3 heterocycles. The van der Waals surface area contributed by atoms with Crippen molar-refractivity contribution in [1.29, 1.82) is 0 Å². The Hall–Kier alpha value is -3.92. The van der Waals surface area contributed by atoms with E-state index in [1.165, 1.54) is 6.39 Å². The summed E-state index contributed by atoms with van der Waals surface area (Å²) in [6.07, 6.45) is 7.34. The van der Waals surface area contributed by atoms with Gasteiger partial charge in [-0.1, -0.05) is 60.7 Å². The molecule has 1 aliphatic rings. The second kappa shape index (κ2) is 7.00. The Kier molecular flexibility index (Phi) is 4.07. The van der Waals surface area contributed by atoms with E-state index in [-0.39, 0.29) is 0 Å². The van der Waals surface area contributed by atoms with Crippen LogP contribution in [0.3, 0.4) is 0 Å². The minimum Gasteiger partial charge on any atom is -0.442 e. The highest BCUT2D eigenvalue weighted by molar-refractivity contribution is 6.18. The van der Waals surface area contributed by atoms with Gasteiger partial charge >= 0.3 is 0 Å². The van der Waals surface area contributed by atoms with Crippen LogP contribution in [-0.4, -0.2) is 15.7 Å². The number of aromatic nitrogens is 2. The molecule has 2 aromatic heterocycles. The number of H-pyrrole nitrogens is 1. The third kappa shape index (κ3) is 3.12. The zero-order valence-corrected chi connectivity index (χ0v) is 15.0. The highest BCUT2D eigenvalue weighted by Crippen LogP contribution is 2.32. The molecule has 0 unspecified atom stereocenters. The van der Waals surface area contributed by atoms with E-state index < -0.39 is 0 Å². The molecule has 0 spiro atoms. The molecule has 0 bridgehead atoms. The molecule has 4 nitrogen and oxygen atoms in total. The first-order valence-corrected chi connectivity index (χ1v) is 9.08. The van der Waals surface area contributed by atoms with E-state index >= 15 is 0 Å². The summed E-state index contributed by atoms with van der Waals surface area (Å²) >= 11 is 0. The van der Waals surface area contributed by atoms with Gasteiger partial charge in [-0.05, 0) is 29.8 Å². The number of rotatable bonds is 4. The van der Waals surface area contributed by atoms with Crippen molar-refractivity contribution in [3.63, 3.8) is 0 Å². The predicted molar refractivity (Wildman–Crippen MR) is 112 cm³/mol. The highest BCUT2D eigenvalue weighted by Gasteiger charge is 2.17. The second-order valence-electron chi connectivity index (χ2n) is 6.51. The van der Waals surface area contributed by atoms with E-state index in [4.69, 9.17) is 9.41 Å². The van der Waals surface area contributed by atoms with Crippen LogP contribution in [0.1, 0.15) is 16.8 Å². The quantitative estimate of drug-likeness (QED) is 0.513. The third-order valence-corrected chi connectivity index (χ3v) is 4.65. The molecule has 0 saturated heterocycles. The molecule has 0 radical (unpaired) electrons. The molecular formula is C24H17N3O. The largest absolute Gasteiger partial charge is 0.442 e. The van der Waals surface area contributed by atoms with E-state index in [2.05, 4.69) is 46.4 Å². The van der Waals surface area contributed by atoms with Crippen LogP contribution in [0.15, 0.2) is 107 Å². The van der Waals surface area contributed by atoms with Gasteiger partial charge in [0, 0.05) is 16.8 Å². The smallest absolute Gasteiger partial charge is 0.181 e. The Labute approximate surface area is 162 Å². The van der Waals surface area contributed by atoms with Crippen molar-refractivity contribution in [3.05, 3.63) is 114 Å². The van der Waals surface area contributed by atoms with Crippen LogP contribution in [0.5, 0.6) is 0 Å². The average Bonchev–Trinajstić information content (AvgIpc) is 3.50. The maximum Gasteiger partial charge on any atom is 0.181 e. The third-order valence-electron chi connectivity index (χ3n) is 4.65. The standard InChI is InChI=1S/C24H17N3O/c1-3-7-17(8-4-1)20-14-22(18-9-5-2-6-10-18)27-23(20)13-19-11-12-21(26-19)24-15-25-16-28-24/h1-16,26H. The van der Waals surface area contributed by atoms with E-state index in [0.29, 0.717) is 5.76 Å². The number of oxazole rings is 1. The Morgan fingerprint density at radius 1 is 0.821 bits per heavy atom. The number of hydrogen-bond acceptors (Lipinski definition) is 3. The van der Waals surface area contributed by atoms with Gasteiger partial charge < -0.3 is 9.40 Å². The molecule has 0 aliphatic carbocycles. The predicted octanol–water partition coefficient (Wildman–Crippen LogP) is 5.60. The highest BCUT2D eigenvalue weighted by atomic mass is 16.3. The molecule has 4 heteroatoms. The van der Waals surface area contributed by atoms with Crippen LogP contribution < -0.4 is 0 Å². The SMILES string of the molecule is C(=C1N=C(c2ccccc2)C=C1c1ccccc1)c1ccc(-c2cnco2)[nH]1. The maximum absolute atomic E-state index is 5.37. The summed E-state index contributed by atoms with van der Waals surface area (Å²) in [4.78, 5) is 12.2. The normalized spacial score (nSPS) is 14.9. The van der Waals surface area contributed by atoms with Crippen molar-refractivity contribution >= 4 is 17.4 Å². The van der Waals surface area contributed by atoms with Gasteiger partial charge in [0.15, 0.2) is 12.2 Å². The lowest BCUT2D eigenvalue weighted by Crippen LogP contribution is -1.92. The number of nitrogens with zero attached hydrogens (tertiary/aromatic N) is 2. The van der Waals surface area contributed by atoms with Gasteiger partial charge in [0.1, 0.15) is 0 Å². The number of hydrogen-bond donors (Lipinski definition) is 1. The monoisotopic (exact) mass is 363 g/mol. The van der Waals surface area contributed by atoms with Crippen molar-refractivity contribution < 1.29 is 4.42 Å². The fraction of sp³-hybridized carbons (Fsp3) is 0. The molecule has 1 aliphatic heterocycles. The molecule has 0 amide bonds. The summed E-state index contributed by atoms with van der Waals surface area (Å²) in [5, 5.41) is 0. The molecule has 0 atom stereocenters. The zero-order valence-electron chi connectivity index (χ0n) is 15.0. The van der Waals surface area contributed by atoms with Gasteiger partial charge in [-0.3, -0.25) is 0 Å². The van der Waals surface area contributed by atoms with Crippen LogP contribution in [-0.2, 0) is 0 Å². The van der Waals surface area contributed by atoms with Crippen LogP contribution in [0.2, 0.25) is 0 Å². The number of benzene rings is 2. The Balaban J connectivity index is 1.56. The van der Waals surface area contributed by atoms with Crippen molar-refractivity contribution in [2.24, 2.45) is 4.99 Å². The molecule has 2 aromatic carbocycles. The molecular weight excluding hydrogens is 346 g/mol. The van der Waals surface area contributed by atoms with Gasteiger partial charge in [-0.25, -0.2) is 9.98 Å². The van der Waals surface area contributed by atoms with Gasteiger partial charge in [-0.15, -0.1) is 0 Å². The molecule has 5 rings (SSSR count). The van der Waals surface area contributed by atoms with Gasteiger partial charge in [-0.2, -0.15) is 0 Å². The summed E-state index contributed by atoms with van der Waals surface area (Å²) < 4.78 is 5.37. The first kappa shape index (κ1) is 16.3. The minimum absolute atomic E-state index is 0.711. The van der Waals surface area contributed by atoms with Crippen molar-refractivity contribution in [2.75, 3.05) is 0 Å². The zero-order chi connectivity index (χ0) is 18.8. The van der Waals surface area contributed by atoms with Crippen LogP contribution in [0, 0.1) is 0 Å². The Bertz CT molecular complexity index is 1180. The summed E-state index contributed by atoms with van der Waals surface area (Å²) in [7, 11) is 0. The average molecular weight is 363 g/mol. The van der Waals surface area contributed by atoms with Crippen LogP contribution in [0.25, 0.3) is 23.1 Å². The topological polar surface area (TPSA) is 54.2 Å². The Morgan fingerprint density at radius 3 is 2.29 bits per heavy atom. The van der Waals surface area contributed by atoms with Gasteiger partial charge in [0.2, 0.25) is 0 Å². The first-order valence-electron chi connectivity index (χ1n) is 9.08. The summed E-state index contributed by atoms with van der Waals surface area (Å²) in [5.41, 5.74) is 7.10. The van der Waals surface area contributed by atoms with E-state index in [1.54, 1.807) is 6.20 Å². The van der Waals surface area contributed by atoms with Crippen LogP contribution >= 0.6 is 0 Å². The number of aliphatic imine (C=N–C) groups is 1. The molecule has 4 aromatic rings. The first-order chi connectivity index (χ1) is 13.9. The summed E-state index contributed by atoms with van der Waals surface area (Å²) in [6, 6.07) is 24.6. The summed E-state index contributed by atoms with van der Waals surface area (Å²) in [5.74, 6) is 0.711. The van der Waals surface area contributed by atoms with E-state index in [9.17, 15) is 0 Å². The van der Waals surface area contributed by atoms with Gasteiger partial charge in [0.25, 0.3) is 0 Å². The molecule has 1 N–H and O–H groups in total. The van der Waals surface area contributed by atoms with Crippen molar-refractivity contribution in [2.45, 2.75) is 0 Å². The number of aromatic amines is 1. The van der Waals surface area contributed by atoms with Crippen molar-refractivity contribution in [1.82, 2.24) is 9.97 Å². The number of allylic oxidation sites excluding steroid dienone is 2. The lowest BCUT2D eigenvalue weighted by atomic mass is 10.0. The van der Waals surface area contributed by atoms with Crippen molar-refractivity contribution in [3.8, 4) is 11.5 Å². The van der Waals surface area contributed by atoms with E-state index in [0.717, 1.165) is 39.5 Å². The molecule has 28 heavy (non-hydrogen) atoms. The minimum atomic E-state index is 0.711. The summed E-state index contributed by atoms with van der Waals surface area (Å²) in [6.45, 7) is 0. The van der Waals surface area contributed by atoms with Crippen LogP contribution in [0.4, 0.5) is 0 Å². The molecule has 0 fully saturated rings. The molecule has 134 valence electrons.